The van der Waals surface area contributed by atoms with Gasteiger partial charge < -0.3 is 9.88 Å². The van der Waals surface area contributed by atoms with E-state index < -0.39 is 11.9 Å². The molecule has 29 heavy (non-hydrogen) atoms. The number of benzene rings is 2. The summed E-state index contributed by atoms with van der Waals surface area (Å²) in [7, 11) is 0. The third-order valence-corrected chi connectivity index (χ3v) is 5.24. The van der Waals surface area contributed by atoms with E-state index in [-0.39, 0.29) is 5.75 Å². The molecule has 3 amide bonds. The molecule has 0 radical (unpaired) electrons. The van der Waals surface area contributed by atoms with E-state index in [1.165, 1.54) is 11.8 Å². The van der Waals surface area contributed by atoms with Crippen molar-refractivity contribution in [2.24, 2.45) is 0 Å². The number of hydrogen-bond donors (Lipinski definition) is 2. The first kappa shape index (κ1) is 20.9. The zero-order valence-electron chi connectivity index (χ0n) is 15.8. The van der Waals surface area contributed by atoms with Crippen molar-refractivity contribution in [1.29, 1.82) is 0 Å². The molecule has 0 saturated heterocycles. The summed E-state index contributed by atoms with van der Waals surface area (Å²) < 4.78 is 1.91. The number of thioether (sulfide) groups is 1. The maximum Gasteiger partial charge on any atom is 0.321 e. The van der Waals surface area contributed by atoms with Crippen molar-refractivity contribution in [1.82, 2.24) is 25.4 Å². The first-order valence-electron chi connectivity index (χ1n) is 9.00. The van der Waals surface area contributed by atoms with Crippen molar-refractivity contribution >= 4 is 35.3 Å². The number of imide groups is 1. The Morgan fingerprint density at radius 1 is 1.07 bits per heavy atom. The number of amides is 3. The number of rotatable bonds is 7. The Balaban J connectivity index is 1.53. The van der Waals surface area contributed by atoms with E-state index in [0.717, 1.165) is 11.1 Å². The average molecular weight is 430 g/mol. The Bertz CT molecular complexity index is 976. The van der Waals surface area contributed by atoms with Gasteiger partial charge in [0.05, 0.1) is 5.75 Å². The highest BCUT2D eigenvalue weighted by Gasteiger charge is 2.15. The van der Waals surface area contributed by atoms with Gasteiger partial charge in [0.2, 0.25) is 5.91 Å². The fourth-order valence-corrected chi connectivity index (χ4v) is 3.54. The van der Waals surface area contributed by atoms with Gasteiger partial charge in [-0.15, -0.1) is 10.2 Å². The van der Waals surface area contributed by atoms with Crippen LogP contribution in [0.5, 0.6) is 0 Å². The number of nitrogens with zero attached hydrogens (tertiary/aromatic N) is 3. The number of hydrogen-bond acceptors (Lipinski definition) is 5. The van der Waals surface area contributed by atoms with Crippen molar-refractivity contribution in [3.8, 4) is 11.4 Å². The Labute approximate surface area is 177 Å². The fraction of sp³-hybridized carbons (Fsp3) is 0.200. The van der Waals surface area contributed by atoms with Gasteiger partial charge in [-0.3, -0.25) is 10.1 Å². The number of nitrogens with one attached hydrogen (secondary N) is 2. The summed E-state index contributed by atoms with van der Waals surface area (Å²) in [6.07, 6.45) is 0. The van der Waals surface area contributed by atoms with Gasteiger partial charge in [0.1, 0.15) is 0 Å². The molecule has 0 aliphatic carbocycles. The van der Waals surface area contributed by atoms with Crippen LogP contribution in [-0.4, -0.2) is 32.5 Å². The zero-order chi connectivity index (χ0) is 20.6. The first-order valence-corrected chi connectivity index (χ1v) is 10.4. The molecule has 0 atom stereocenters. The topological polar surface area (TPSA) is 88.9 Å². The third kappa shape index (κ3) is 5.82. The van der Waals surface area contributed by atoms with E-state index in [1.54, 1.807) is 12.1 Å². The number of aromatic nitrogens is 3. The highest BCUT2D eigenvalue weighted by molar-refractivity contribution is 7.99. The predicted molar refractivity (Wildman–Crippen MR) is 114 cm³/mol. The number of halogens is 1. The maximum atomic E-state index is 12.1. The third-order valence-electron chi connectivity index (χ3n) is 4.02. The quantitative estimate of drug-likeness (QED) is 0.558. The molecule has 0 fully saturated rings. The summed E-state index contributed by atoms with van der Waals surface area (Å²) in [5, 5.41) is 14.6. The van der Waals surface area contributed by atoms with Crippen molar-refractivity contribution < 1.29 is 9.59 Å². The number of urea groups is 1. The van der Waals surface area contributed by atoms with Gasteiger partial charge in [0, 0.05) is 23.7 Å². The molecule has 3 aromatic rings. The Morgan fingerprint density at radius 3 is 2.48 bits per heavy atom. The van der Waals surface area contributed by atoms with E-state index in [0.29, 0.717) is 29.1 Å². The highest BCUT2D eigenvalue weighted by atomic mass is 35.5. The monoisotopic (exact) mass is 429 g/mol. The second-order valence-electron chi connectivity index (χ2n) is 6.06. The van der Waals surface area contributed by atoms with E-state index in [4.69, 9.17) is 11.6 Å². The summed E-state index contributed by atoms with van der Waals surface area (Å²) >= 11 is 7.16. The van der Waals surface area contributed by atoms with Crippen LogP contribution in [-0.2, 0) is 17.9 Å². The normalized spacial score (nSPS) is 10.6. The van der Waals surface area contributed by atoms with Gasteiger partial charge in [-0.05, 0) is 36.8 Å². The van der Waals surface area contributed by atoms with Crippen LogP contribution >= 0.6 is 23.4 Å². The Hall–Kier alpha value is -2.84. The fourth-order valence-electron chi connectivity index (χ4n) is 2.61. The Kier molecular flexibility index (Phi) is 7.26. The van der Waals surface area contributed by atoms with Crippen molar-refractivity contribution in [2.75, 3.05) is 5.75 Å². The largest absolute Gasteiger partial charge is 0.334 e. The van der Waals surface area contributed by atoms with Gasteiger partial charge in [-0.2, -0.15) is 0 Å². The molecule has 9 heteroatoms. The minimum absolute atomic E-state index is 0.0531. The van der Waals surface area contributed by atoms with Crippen LogP contribution < -0.4 is 10.6 Å². The lowest BCUT2D eigenvalue weighted by atomic mass is 10.2. The van der Waals surface area contributed by atoms with Crippen LogP contribution in [0.4, 0.5) is 4.79 Å². The second kappa shape index (κ2) is 10.1. The lowest BCUT2D eigenvalue weighted by Crippen LogP contribution is -2.40. The zero-order valence-corrected chi connectivity index (χ0v) is 17.3. The van der Waals surface area contributed by atoms with E-state index >= 15 is 0 Å². The average Bonchev–Trinajstić information content (AvgIpc) is 3.15. The molecule has 150 valence electrons. The lowest BCUT2D eigenvalue weighted by Gasteiger charge is -2.08. The van der Waals surface area contributed by atoms with E-state index in [1.807, 2.05) is 54.0 Å². The molecule has 0 spiro atoms. The molecular formula is C20H20ClN5O2S. The SMILES string of the molecule is CCn1c(SCC(=O)NC(=O)NCc2ccccc2)nnc1-c1ccc(Cl)cc1. The van der Waals surface area contributed by atoms with Crippen LogP contribution in [0.25, 0.3) is 11.4 Å². The van der Waals surface area contributed by atoms with Crippen molar-refractivity contribution in [3.63, 3.8) is 0 Å². The molecule has 3 rings (SSSR count). The van der Waals surface area contributed by atoms with Crippen LogP contribution in [0.1, 0.15) is 12.5 Å². The summed E-state index contributed by atoms with van der Waals surface area (Å²) in [5.74, 6) is 0.351. The molecule has 1 aromatic heterocycles. The van der Waals surface area contributed by atoms with Gasteiger partial charge in [0.15, 0.2) is 11.0 Å². The summed E-state index contributed by atoms with van der Waals surface area (Å²) in [6.45, 7) is 2.97. The number of carbonyl (C=O) groups is 2. The smallest absolute Gasteiger partial charge is 0.321 e. The minimum Gasteiger partial charge on any atom is -0.334 e. The summed E-state index contributed by atoms with van der Waals surface area (Å²) in [5.41, 5.74) is 1.84. The molecule has 0 unspecified atom stereocenters. The van der Waals surface area contributed by atoms with Gasteiger partial charge in [-0.1, -0.05) is 53.7 Å². The van der Waals surface area contributed by atoms with Crippen LogP contribution in [0.15, 0.2) is 59.8 Å². The molecule has 0 aliphatic heterocycles. The van der Waals surface area contributed by atoms with Crippen LogP contribution in [0.3, 0.4) is 0 Å². The molecule has 7 nitrogen and oxygen atoms in total. The molecule has 2 aromatic carbocycles. The second-order valence-corrected chi connectivity index (χ2v) is 7.44. The molecule has 0 bridgehead atoms. The molecule has 0 aliphatic rings. The summed E-state index contributed by atoms with van der Waals surface area (Å²) in [4.78, 5) is 24.0. The van der Waals surface area contributed by atoms with Gasteiger partial charge >= 0.3 is 6.03 Å². The first-order chi connectivity index (χ1) is 14.1. The van der Waals surface area contributed by atoms with Gasteiger partial charge in [0.25, 0.3) is 0 Å². The standard InChI is InChI=1S/C20H20ClN5O2S/c1-2-26-18(15-8-10-16(21)11-9-15)24-25-20(26)29-13-17(27)23-19(28)22-12-14-6-4-3-5-7-14/h3-11H,2,12-13H2,1H3,(H2,22,23,27,28). The summed E-state index contributed by atoms with van der Waals surface area (Å²) in [6, 6.07) is 16.3. The molecule has 1 heterocycles. The molecule has 2 N–H and O–H groups in total. The maximum absolute atomic E-state index is 12.1. The van der Waals surface area contributed by atoms with Crippen LogP contribution in [0.2, 0.25) is 5.02 Å². The molecule has 0 saturated carbocycles. The minimum atomic E-state index is -0.529. The van der Waals surface area contributed by atoms with E-state index in [2.05, 4.69) is 20.8 Å². The number of carbonyl (C=O) groups excluding carboxylic acids is 2. The Morgan fingerprint density at radius 2 is 1.79 bits per heavy atom. The van der Waals surface area contributed by atoms with Crippen molar-refractivity contribution in [3.05, 3.63) is 65.2 Å². The van der Waals surface area contributed by atoms with Gasteiger partial charge in [-0.25, -0.2) is 4.79 Å². The lowest BCUT2D eigenvalue weighted by molar-refractivity contribution is -0.117. The molecular weight excluding hydrogens is 410 g/mol. The highest BCUT2D eigenvalue weighted by Crippen LogP contribution is 2.24. The van der Waals surface area contributed by atoms with Crippen molar-refractivity contribution in [2.45, 2.75) is 25.2 Å². The van der Waals surface area contributed by atoms with Crippen LogP contribution in [0, 0.1) is 0 Å². The predicted octanol–water partition coefficient (Wildman–Crippen LogP) is 3.74. The van der Waals surface area contributed by atoms with E-state index in [9.17, 15) is 9.59 Å².